The van der Waals surface area contributed by atoms with Gasteiger partial charge in [-0.3, -0.25) is 9.78 Å². The summed E-state index contributed by atoms with van der Waals surface area (Å²) in [5.41, 5.74) is 2.52. The number of hydrogen-bond acceptors (Lipinski definition) is 5. The van der Waals surface area contributed by atoms with Crippen LogP contribution in [0.25, 0.3) is 10.9 Å². The molecule has 2 saturated heterocycles. The molecule has 1 amide bonds. The van der Waals surface area contributed by atoms with Crippen LogP contribution in [-0.4, -0.2) is 60.2 Å². The Balaban J connectivity index is 1.53. The van der Waals surface area contributed by atoms with Crippen LogP contribution in [0, 0.1) is 0 Å². The zero-order chi connectivity index (χ0) is 17.8. The first kappa shape index (κ1) is 17.4. The van der Waals surface area contributed by atoms with Gasteiger partial charge in [-0.15, -0.1) is 0 Å². The number of nitrogens with zero attached hydrogens (tertiary/aromatic N) is 3. The number of rotatable bonds is 5. The standard InChI is InChI=1S/C20H26N4O2/c25-20(22-7-10-24-8-1-2-9-24)19-13-16(15-4-11-26-12-5-15)17-14-21-6-3-18(17)23-19/h3,6,13-15H,1-2,4-5,7-12H2,(H,22,25). The van der Waals surface area contributed by atoms with Crippen molar-refractivity contribution in [1.29, 1.82) is 0 Å². The van der Waals surface area contributed by atoms with Crippen molar-refractivity contribution in [3.8, 4) is 0 Å². The highest BCUT2D eigenvalue weighted by molar-refractivity contribution is 5.96. The lowest BCUT2D eigenvalue weighted by Gasteiger charge is -2.24. The van der Waals surface area contributed by atoms with Crippen molar-refractivity contribution < 1.29 is 9.53 Å². The quantitative estimate of drug-likeness (QED) is 0.893. The molecule has 26 heavy (non-hydrogen) atoms. The van der Waals surface area contributed by atoms with Crippen LogP contribution in [-0.2, 0) is 4.74 Å². The second-order valence-corrected chi connectivity index (χ2v) is 7.18. The smallest absolute Gasteiger partial charge is 0.269 e. The van der Waals surface area contributed by atoms with E-state index >= 15 is 0 Å². The van der Waals surface area contributed by atoms with Gasteiger partial charge in [0.25, 0.3) is 5.91 Å². The Kier molecular flexibility index (Phi) is 5.41. The van der Waals surface area contributed by atoms with E-state index < -0.39 is 0 Å². The number of amides is 1. The van der Waals surface area contributed by atoms with Crippen LogP contribution in [0.1, 0.15) is 47.7 Å². The number of aromatic nitrogens is 2. The van der Waals surface area contributed by atoms with Gasteiger partial charge >= 0.3 is 0 Å². The molecule has 4 rings (SSSR count). The van der Waals surface area contributed by atoms with E-state index in [4.69, 9.17) is 4.74 Å². The molecule has 0 aromatic carbocycles. The highest BCUT2D eigenvalue weighted by atomic mass is 16.5. The highest BCUT2D eigenvalue weighted by Gasteiger charge is 2.21. The second kappa shape index (κ2) is 8.10. The molecule has 2 aliphatic rings. The molecule has 6 heteroatoms. The number of pyridine rings is 2. The number of fused-ring (bicyclic) bond motifs is 1. The molecule has 2 aromatic rings. The van der Waals surface area contributed by atoms with Gasteiger partial charge in [-0.05, 0) is 62.4 Å². The van der Waals surface area contributed by atoms with Crippen LogP contribution in [0.2, 0.25) is 0 Å². The van der Waals surface area contributed by atoms with Crippen LogP contribution in [0.3, 0.4) is 0 Å². The van der Waals surface area contributed by atoms with E-state index in [0.29, 0.717) is 18.2 Å². The summed E-state index contributed by atoms with van der Waals surface area (Å²) in [6, 6.07) is 3.85. The number of hydrogen-bond donors (Lipinski definition) is 1. The molecule has 138 valence electrons. The van der Waals surface area contributed by atoms with Crippen molar-refractivity contribution >= 4 is 16.8 Å². The Hall–Kier alpha value is -2.05. The second-order valence-electron chi connectivity index (χ2n) is 7.18. The maximum absolute atomic E-state index is 12.7. The first-order chi connectivity index (χ1) is 12.8. The average molecular weight is 354 g/mol. The van der Waals surface area contributed by atoms with Crippen molar-refractivity contribution in [1.82, 2.24) is 20.2 Å². The minimum absolute atomic E-state index is 0.0868. The summed E-state index contributed by atoms with van der Waals surface area (Å²) in [7, 11) is 0. The van der Waals surface area contributed by atoms with Crippen LogP contribution in [0.15, 0.2) is 24.5 Å². The van der Waals surface area contributed by atoms with E-state index in [9.17, 15) is 4.79 Å². The Bertz CT molecular complexity index is 767. The predicted octanol–water partition coefficient (Wildman–Crippen LogP) is 2.35. The van der Waals surface area contributed by atoms with Crippen LogP contribution >= 0.6 is 0 Å². The molecule has 0 bridgehead atoms. The maximum atomic E-state index is 12.7. The zero-order valence-corrected chi connectivity index (χ0v) is 15.1. The lowest BCUT2D eigenvalue weighted by atomic mass is 9.89. The van der Waals surface area contributed by atoms with Crippen molar-refractivity contribution in [2.75, 3.05) is 39.4 Å². The summed E-state index contributed by atoms with van der Waals surface area (Å²) in [6.07, 6.45) is 8.08. The third-order valence-corrected chi connectivity index (χ3v) is 5.45. The van der Waals surface area contributed by atoms with E-state index in [1.807, 2.05) is 18.3 Å². The molecule has 2 aromatic heterocycles. The van der Waals surface area contributed by atoms with E-state index in [0.717, 1.165) is 56.6 Å². The Morgan fingerprint density at radius 1 is 1.27 bits per heavy atom. The highest BCUT2D eigenvalue weighted by Crippen LogP contribution is 2.32. The molecule has 6 nitrogen and oxygen atoms in total. The summed E-state index contributed by atoms with van der Waals surface area (Å²) < 4.78 is 5.50. The van der Waals surface area contributed by atoms with Crippen LogP contribution < -0.4 is 5.32 Å². The molecule has 0 unspecified atom stereocenters. The largest absolute Gasteiger partial charge is 0.381 e. The Labute approximate surface area is 154 Å². The van der Waals surface area contributed by atoms with Crippen molar-refractivity contribution in [3.05, 3.63) is 35.8 Å². The first-order valence-corrected chi connectivity index (χ1v) is 9.64. The van der Waals surface area contributed by atoms with Crippen molar-refractivity contribution in [2.24, 2.45) is 0 Å². The predicted molar refractivity (Wildman–Crippen MR) is 100 cm³/mol. The molecular formula is C20H26N4O2. The van der Waals surface area contributed by atoms with Gasteiger partial charge < -0.3 is 15.0 Å². The Morgan fingerprint density at radius 3 is 2.88 bits per heavy atom. The fraction of sp³-hybridized carbons (Fsp3) is 0.550. The lowest BCUT2D eigenvalue weighted by molar-refractivity contribution is 0.0855. The molecule has 2 aliphatic heterocycles. The van der Waals surface area contributed by atoms with Gasteiger partial charge in [-0.25, -0.2) is 4.98 Å². The summed E-state index contributed by atoms with van der Waals surface area (Å²) in [6.45, 7) is 5.41. The van der Waals surface area contributed by atoms with Crippen molar-refractivity contribution in [2.45, 2.75) is 31.6 Å². The summed E-state index contributed by atoms with van der Waals surface area (Å²) in [5, 5.41) is 4.09. The van der Waals surface area contributed by atoms with Gasteiger partial charge in [-0.2, -0.15) is 0 Å². The summed E-state index contributed by atoms with van der Waals surface area (Å²) in [5.74, 6) is 0.311. The minimum atomic E-state index is -0.0868. The topological polar surface area (TPSA) is 67.4 Å². The molecule has 0 spiro atoms. The number of ether oxygens (including phenoxy) is 1. The Morgan fingerprint density at radius 2 is 2.08 bits per heavy atom. The third-order valence-electron chi connectivity index (χ3n) is 5.45. The van der Waals surface area contributed by atoms with Gasteiger partial charge in [0.2, 0.25) is 0 Å². The fourth-order valence-electron chi connectivity index (χ4n) is 3.98. The van der Waals surface area contributed by atoms with E-state index in [1.165, 1.54) is 18.4 Å². The number of carbonyl (C=O) groups excluding carboxylic acids is 1. The molecule has 0 atom stereocenters. The molecule has 0 saturated carbocycles. The van der Waals surface area contributed by atoms with Gasteiger partial charge in [0.15, 0.2) is 0 Å². The summed E-state index contributed by atoms with van der Waals surface area (Å²) >= 11 is 0. The van der Waals surface area contributed by atoms with Crippen LogP contribution in [0.4, 0.5) is 0 Å². The van der Waals surface area contributed by atoms with Crippen molar-refractivity contribution in [3.63, 3.8) is 0 Å². The molecule has 0 aliphatic carbocycles. The number of nitrogens with one attached hydrogen (secondary N) is 1. The van der Waals surface area contributed by atoms with Gasteiger partial charge in [0.05, 0.1) is 5.52 Å². The van der Waals surface area contributed by atoms with E-state index in [2.05, 4.69) is 20.2 Å². The monoisotopic (exact) mass is 354 g/mol. The van der Waals surface area contributed by atoms with Gasteiger partial charge in [-0.1, -0.05) is 0 Å². The SMILES string of the molecule is O=C(NCCN1CCCC1)c1cc(C2CCOCC2)c2cnccc2n1. The fourth-order valence-corrected chi connectivity index (χ4v) is 3.98. The number of likely N-dealkylation sites (tertiary alicyclic amines) is 1. The molecule has 0 radical (unpaired) electrons. The van der Waals surface area contributed by atoms with Gasteiger partial charge in [0, 0.05) is 44.1 Å². The van der Waals surface area contributed by atoms with Crippen LogP contribution in [0.5, 0.6) is 0 Å². The zero-order valence-electron chi connectivity index (χ0n) is 15.1. The first-order valence-electron chi connectivity index (χ1n) is 9.64. The molecular weight excluding hydrogens is 328 g/mol. The molecule has 1 N–H and O–H groups in total. The van der Waals surface area contributed by atoms with E-state index in [1.54, 1.807) is 6.20 Å². The normalized spacial score (nSPS) is 19.1. The summed E-state index contributed by atoms with van der Waals surface area (Å²) in [4.78, 5) is 23.9. The maximum Gasteiger partial charge on any atom is 0.269 e. The molecule has 4 heterocycles. The number of carbonyl (C=O) groups is 1. The lowest BCUT2D eigenvalue weighted by Crippen LogP contribution is -2.34. The average Bonchev–Trinajstić information content (AvgIpc) is 3.21. The molecule has 2 fully saturated rings. The third kappa shape index (κ3) is 3.86. The minimum Gasteiger partial charge on any atom is -0.381 e. The van der Waals surface area contributed by atoms with Gasteiger partial charge in [0.1, 0.15) is 5.69 Å². The van der Waals surface area contributed by atoms with E-state index in [-0.39, 0.29) is 5.91 Å².